The summed E-state index contributed by atoms with van der Waals surface area (Å²) in [6.07, 6.45) is 3.07. The largest absolute Gasteiger partial charge is 0.279 e. The number of hydrazine groups is 1. The minimum atomic E-state index is -0.367. The number of carbonyl (C=O) groups is 2. The highest BCUT2D eigenvalue weighted by Gasteiger charge is 2.05. The van der Waals surface area contributed by atoms with Crippen LogP contribution in [0.3, 0.4) is 0 Å². The Kier molecular flexibility index (Phi) is 4.27. The lowest BCUT2D eigenvalue weighted by Gasteiger charge is -2.02. The summed E-state index contributed by atoms with van der Waals surface area (Å²) >= 11 is 2.85. The van der Waals surface area contributed by atoms with Gasteiger partial charge in [-0.05, 0) is 29.0 Å². The Labute approximate surface area is 112 Å². The van der Waals surface area contributed by atoms with Gasteiger partial charge in [-0.25, -0.2) is 0 Å². The highest BCUT2D eigenvalue weighted by Crippen LogP contribution is 2.10. The molecule has 2 aromatic rings. The van der Waals surface area contributed by atoms with Gasteiger partial charge in [0.2, 0.25) is 0 Å². The third kappa shape index (κ3) is 3.54. The molecule has 92 valence electrons. The molecule has 2 aromatic heterocycles. The summed E-state index contributed by atoms with van der Waals surface area (Å²) in [5.41, 5.74) is 4.66. The molecule has 0 saturated carbocycles. The number of hydrogen-bond donors (Lipinski definition) is 2. The van der Waals surface area contributed by atoms with Gasteiger partial charge in [-0.3, -0.25) is 20.4 Å². The number of nitrogens with one attached hydrogen (secondary N) is 2. The van der Waals surface area contributed by atoms with E-state index in [0.29, 0.717) is 4.88 Å². The van der Waals surface area contributed by atoms with Crippen molar-refractivity contribution in [2.45, 2.75) is 0 Å². The molecule has 2 N–H and O–H groups in total. The Balaban J connectivity index is 1.80. The summed E-state index contributed by atoms with van der Waals surface area (Å²) in [5, 5.41) is 3.73. The van der Waals surface area contributed by atoms with Gasteiger partial charge >= 0.3 is 0 Å². The first-order valence-electron chi connectivity index (χ1n) is 5.11. The molecular formula is C12H10N2O2S2. The van der Waals surface area contributed by atoms with E-state index < -0.39 is 0 Å². The number of amides is 2. The minimum Gasteiger partial charge on any atom is -0.268 e. The molecule has 2 heterocycles. The Bertz CT molecular complexity index is 545. The van der Waals surface area contributed by atoms with E-state index in [0.717, 1.165) is 4.88 Å². The molecule has 18 heavy (non-hydrogen) atoms. The Morgan fingerprint density at radius 2 is 1.83 bits per heavy atom. The van der Waals surface area contributed by atoms with Crippen LogP contribution in [-0.2, 0) is 4.79 Å². The van der Waals surface area contributed by atoms with E-state index in [2.05, 4.69) is 10.9 Å². The fourth-order valence-electron chi connectivity index (χ4n) is 1.17. The highest BCUT2D eigenvalue weighted by molar-refractivity contribution is 7.12. The maximum Gasteiger partial charge on any atom is 0.279 e. The summed E-state index contributed by atoms with van der Waals surface area (Å²) in [6, 6.07) is 7.27. The van der Waals surface area contributed by atoms with E-state index in [1.54, 1.807) is 23.6 Å². The highest BCUT2D eigenvalue weighted by atomic mass is 32.1. The number of carbonyl (C=O) groups excluding carboxylic acids is 2. The standard InChI is InChI=1S/C12H10N2O2S2/c15-11(6-5-9-3-1-7-17-9)13-14-12(16)10-4-2-8-18-10/h1-8H,(H,13,15)(H,14,16). The van der Waals surface area contributed by atoms with Gasteiger partial charge in [-0.1, -0.05) is 12.1 Å². The van der Waals surface area contributed by atoms with E-state index in [1.165, 1.54) is 28.7 Å². The van der Waals surface area contributed by atoms with Gasteiger partial charge in [0, 0.05) is 11.0 Å². The van der Waals surface area contributed by atoms with Crippen molar-refractivity contribution in [2.75, 3.05) is 0 Å². The van der Waals surface area contributed by atoms with Gasteiger partial charge in [-0.2, -0.15) is 0 Å². The number of thiophene rings is 2. The van der Waals surface area contributed by atoms with Crippen molar-refractivity contribution >= 4 is 40.6 Å². The second-order valence-electron chi connectivity index (χ2n) is 3.27. The smallest absolute Gasteiger partial charge is 0.268 e. The van der Waals surface area contributed by atoms with Crippen molar-refractivity contribution in [3.05, 3.63) is 50.9 Å². The van der Waals surface area contributed by atoms with E-state index >= 15 is 0 Å². The van der Waals surface area contributed by atoms with Crippen LogP contribution in [0.15, 0.2) is 41.1 Å². The van der Waals surface area contributed by atoms with E-state index in [9.17, 15) is 9.59 Å². The second-order valence-corrected chi connectivity index (χ2v) is 5.20. The summed E-state index contributed by atoms with van der Waals surface area (Å²) < 4.78 is 0. The molecule has 2 amide bonds. The molecule has 6 heteroatoms. The maximum atomic E-state index is 11.5. The van der Waals surface area contributed by atoms with Crippen molar-refractivity contribution in [2.24, 2.45) is 0 Å². The van der Waals surface area contributed by atoms with E-state index in [1.807, 2.05) is 17.5 Å². The molecule has 0 bridgehead atoms. The van der Waals surface area contributed by atoms with Gasteiger partial charge in [0.25, 0.3) is 11.8 Å². The summed E-state index contributed by atoms with van der Waals surface area (Å²) in [5.74, 6) is -0.684. The van der Waals surface area contributed by atoms with Crippen LogP contribution in [0.2, 0.25) is 0 Å². The van der Waals surface area contributed by atoms with Gasteiger partial charge in [0.1, 0.15) is 0 Å². The molecular weight excluding hydrogens is 268 g/mol. The van der Waals surface area contributed by atoms with Gasteiger partial charge < -0.3 is 0 Å². The Hall–Kier alpha value is -1.92. The molecule has 0 unspecified atom stereocenters. The second kappa shape index (κ2) is 6.13. The quantitative estimate of drug-likeness (QED) is 0.668. The molecule has 0 aliphatic carbocycles. The van der Waals surface area contributed by atoms with Gasteiger partial charge in [-0.15, -0.1) is 22.7 Å². The van der Waals surface area contributed by atoms with Crippen LogP contribution >= 0.6 is 22.7 Å². The first kappa shape index (κ1) is 12.5. The Morgan fingerprint density at radius 3 is 2.50 bits per heavy atom. The van der Waals surface area contributed by atoms with Crippen molar-refractivity contribution < 1.29 is 9.59 Å². The van der Waals surface area contributed by atoms with Crippen LogP contribution in [0.1, 0.15) is 14.5 Å². The van der Waals surface area contributed by atoms with Crippen LogP contribution in [0.4, 0.5) is 0 Å². The van der Waals surface area contributed by atoms with Crippen LogP contribution in [0.25, 0.3) is 6.08 Å². The third-order valence-electron chi connectivity index (χ3n) is 1.99. The lowest BCUT2D eigenvalue weighted by molar-refractivity contribution is -0.117. The number of hydrogen-bond acceptors (Lipinski definition) is 4. The fourth-order valence-corrected chi connectivity index (χ4v) is 2.41. The monoisotopic (exact) mass is 278 g/mol. The normalized spacial score (nSPS) is 10.4. The van der Waals surface area contributed by atoms with Crippen LogP contribution in [0.5, 0.6) is 0 Å². The molecule has 0 radical (unpaired) electrons. The zero-order chi connectivity index (χ0) is 12.8. The Morgan fingerprint density at radius 1 is 1.06 bits per heavy atom. The average molecular weight is 278 g/mol. The fraction of sp³-hybridized carbons (Fsp3) is 0. The first-order valence-corrected chi connectivity index (χ1v) is 6.87. The van der Waals surface area contributed by atoms with E-state index in [4.69, 9.17) is 0 Å². The topological polar surface area (TPSA) is 58.2 Å². The minimum absolute atomic E-state index is 0.317. The maximum absolute atomic E-state index is 11.5. The molecule has 0 aliphatic heterocycles. The van der Waals surface area contributed by atoms with Crippen molar-refractivity contribution in [1.82, 2.24) is 10.9 Å². The van der Waals surface area contributed by atoms with E-state index in [-0.39, 0.29) is 11.8 Å². The SMILES string of the molecule is O=C(C=Cc1cccs1)NNC(=O)c1cccs1. The van der Waals surface area contributed by atoms with Crippen LogP contribution in [0, 0.1) is 0 Å². The van der Waals surface area contributed by atoms with Crippen molar-refractivity contribution in [3.8, 4) is 0 Å². The van der Waals surface area contributed by atoms with Crippen LogP contribution < -0.4 is 10.9 Å². The zero-order valence-corrected chi connectivity index (χ0v) is 10.9. The average Bonchev–Trinajstić information content (AvgIpc) is 3.05. The van der Waals surface area contributed by atoms with Crippen LogP contribution in [-0.4, -0.2) is 11.8 Å². The summed E-state index contributed by atoms with van der Waals surface area (Å²) in [7, 11) is 0. The zero-order valence-electron chi connectivity index (χ0n) is 9.25. The first-order chi connectivity index (χ1) is 8.75. The molecule has 2 rings (SSSR count). The lowest BCUT2D eigenvalue weighted by atomic mass is 10.4. The van der Waals surface area contributed by atoms with Crippen molar-refractivity contribution in [1.29, 1.82) is 0 Å². The summed E-state index contributed by atoms with van der Waals surface area (Å²) in [6.45, 7) is 0. The molecule has 0 aliphatic rings. The molecule has 0 saturated heterocycles. The predicted molar refractivity (Wildman–Crippen MR) is 73.3 cm³/mol. The molecule has 0 atom stereocenters. The predicted octanol–water partition coefficient (Wildman–Crippen LogP) is 2.28. The molecule has 4 nitrogen and oxygen atoms in total. The third-order valence-corrected chi connectivity index (χ3v) is 3.69. The lowest BCUT2D eigenvalue weighted by Crippen LogP contribution is -2.40. The summed E-state index contributed by atoms with van der Waals surface area (Å²) in [4.78, 5) is 24.4. The van der Waals surface area contributed by atoms with Crippen molar-refractivity contribution in [3.63, 3.8) is 0 Å². The van der Waals surface area contributed by atoms with Gasteiger partial charge in [0.15, 0.2) is 0 Å². The number of rotatable bonds is 3. The van der Waals surface area contributed by atoms with Gasteiger partial charge in [0.05, 0.1) is 4.88 Å². The molecule has 0 spiro atoms. The molecule has 0 fully saturated rings. The molecule has 0 aromatic carbocycles.